The summed E-state index contributed by atoms with van der Waals surface area (Å²) in [4.78, 5) is 19.0. The van der Waals surface area contributed by atoms with Gasteiger partial charge in [0, 0.05) is 45.5 Å². The predicted molar refractivity (Wildman–Crippen MR) is 103 cm³/mol. The van der Waals surface area contributed by atoms with E-state index in [2.05, 4.69) is 9.80 Å². The number of rotatable bonds is 5. The molecule has 26 heavy (non-hydrogen) atoms. The lowest BCUT2D eigenvalue weighted by Gasteiger charge is -2.39. The van der Waals surface area contributed by atoms with Gasteiger partial charge in [-0.25, -0.2) is 4.39 Å². The van der Waals surface area contributed by atoms with Gasteiger partial charge in [0.1, 0.15) is 5.82 Å². The van der Waals surface area contributed by atoms with Crippen molar-refractivity contribution in [3.63, 3.8) is 0 Å². The van der Waals surface area contributed by atoms with Crippen molar-refractivity contribution in [3.05, 3.63) is 66.0 Å². The van der Waals surface area contributed by atoms with Crippen LogP contribution >= 0.6 is 0 Å². The Morgan fingerprint density at radius 3 is 2.27 bits per heavy atom. The molecule has 2 aromatic carbocycles. The molecule has 1 aliphatic rings. The molecular formula is C21H26FN3O. The number of hydrogen-bond donors (Lipinski definition) is 0. The Labute approximate surface area is 154 Å². The molecule has 2 aromatic rings. The van der Waals surface area contributed by atoms with Crippen LogP contribution in [0.2, 0.25) is 0 Å². The van der Waals surface area contributed by atoms with E-state index in [1.54, 1.807) is 4.90 Å². The Morgan fingerprint density at radius 1 is 1.04 bits per heavy atom. The van der Waals surface area contributed by atoms with Gasteiger partial charge in [-0.3, -0.25) is 9.69 Å². The molecule has 0 spiro atoms. The summed E-state index contributed by atoms with van der Waals surface area (Å²) in [6.45, 7) is 5.93. The predicted octanol–water partition coefficient (Wildman–Crippen LogP) is 2.99. The largest absolute Gasteiger partial charge is 0.369 e. The van der Waals surface area contributed by atoms with Crippen LogP contribution in [-0.4, -0.2) is 55.0 Å². The lowest BCUT2D eigenvalue weighted by Crippen LogP contribution is -2.54. The molecule has 0 saturated carbocycles. The first kappa shape index (κ1) is 18.4. The molecule has 0 aliphatic carbocycles. The number of piperazine rings is 1. The van der Waals surface area contributed by atoms with E-state index in [1.165, 1.54) is 12.1 Å². The molecule has 0 radical (unpaired) electrons. The third-order valence-corrected chi connectivity index (χ3v) is 5.05. The van der Waals surface area contributed by atoms with Crippen molar-refractivity contribution < 1.29 is 9.18 Å². The Bertz CT molecular complexity index is 712. The first-order valence-electron chi connectivity index (χ1n) is 9.08. The van der Waals surface area contributed by atoms with Crippen LogP contribution in [0.4, 0.5) is 10.1 Å². The molecule has 0 aromatic heterocycles. The Balaban J connectivity index is 1.53. The second-order valence-electron chi connectivity index (χ2n) is 6.86. The molecule has 138 valence electrons. The zero-order chi connectivity index (χ0) is 18.5. The van der Waals surface area contributed by atoms with Crippen molar-refractivity contribution in [3.8, 4) is 0 Å². The fourth-order valence-corrected chi connectivity index (χ4v) is 3.43. The number of carbonyl (C=O) groups excluding carboxylic acids is 1. The molecular weight excluding hydrogens is 329 g/mol. The van der Waals surface area contributed by atoms with E-state index in [1.807, 2.05) is 56.4 Å². The normalized spacial score (nSPS) is 16.3. The molecule has 5 heteroatoms. The van der Waals surface area contributed by atoms with E-state index in [0.717, 1.165) is 37.4 Å². The standard InChI is InChI=1S/C21H26FN3O/c1-17(21(26)23(2)16-18-6-4-3-5-7-18)24-12-14-25(15-13-24)20-10-8-19(22)9-11-20/h3-11,17H,12-16H2,1-2H3/t17-/m0/s1. The molecule has 1 aliphatic heterocycles. The molecule has 1 heterocycles. The number of anilines is 1. The van der Waals surface area contributed by atoms with Crippen molar-refractivity contribution in [2.24, 2.45) is 0 Å². The third-order valence-electron chi connectivity index (χ3n) is 5.05. The van der Waals surface area contributed by atoms with Gasteiger partial charge in [-0.1, -0.05) is 30.3 Å². The zero-order valence-electron chi connectivity index (χ0n) is 15.4. The van der Waals surface area contributed by atoms with Crippen molar-refractivity contribution in [1.29, 1.82) is 0 Å². The molecule has 1 atom stereocenters. The van der Waals surface area contributed by atoms with Crippen LogP contribution in [0, 0.1) is 5.82 Å². The summed E-state index contributed by atoms with van der Waals surface area (Å²) in [6, 6.07) is 16.5. The Hall–Kier alpha value is -2.40. The van der Waals surface area contributed by atoms with Crippen molar-refractivity contribution in [1.82, 2.24) is 9.80 Å². The molecule has 3 rings (SSSR count). The summed E-state index contributed by atoms with van der Waals surface area (Å²) in [7, 11) is 1.86. The van der Waals surface area contributed by atoms with E-state index in [4.69, 9.17) is 0 Å². The van der Waals surface area contributed by atoms with E-state index in [-0.39, 0.29) is 17.8 Å². The van der Waals surface area contributed by atoms with Gasteiger partial charge in [-0.2, -0.15) is 0 Å². The van der Waals surface area contributed by atoms with Crippen LogP contribution in [0.15, 0.2) is 54.6 Å². The van der Waals surface area contributed by atoms with Gasteiger partial charge < -0.3 is 9.80 Å². The second-order valence-corrected chi connectivity index (χ2v) is 6.86. The Morgan fingerprint density at radius 2 is 1.65 bits per heavy atom. The number of hydrogen-bond acceptors (Lipinski definition) is 3. The lowest BCUT2D eigenvalue weighted by molar-refractivity contribution is -0.135. The molecule has 4 nitrogen and oxygen atoms in total. The van der Waals surface area contributed by atoms with Gasteiger partial charge in [-0.05, 0) is 36.8 Å². The third kappa shape index (κ3) is 4.41. The minimum Gasteiger partial charge on any atom is -0.369 e. The van der Waals surface area contributed by atoms with Crippen molar-refractivity contribution >= 4 is 11.6 Å². The molecule has 1 amide bonds. The first-order valence-corrected chi connectivity index (χ1v) is 9.08. The highest BCUT2D eigenvalue weighted by atomic mass is 19.1. The van der Waals surface area contributed by atoms with Crippen LogP contribution in [0.1, 0.15) is 12.5 Å². The van der Waals surface area contributed by atoms with Gasteiger partial charge in [0.25, 0.3) is 0 Å². The van der Waals surface area contributed by atoms with E-state index in [9.17, 15) is 9.18 Å². The van der Waals surface area contributed by atoms with Crippen molar-refractivity contribution in [2.75, 3.05) is 38.1 Å². The lowest BCUT2D eigenvalue weighted by atomic mass is 10.1. The number of nitrogens with zero attached hydrogens (tertiary/aromatic N) is 3. The first-order chi connectivity index (χ1) is 12.5. The maximum absolute atomic E-state index is 13.1. The molecule has 1 saturated heterocycles. The summed E-state index contributed by atoms with van der Waals surface area (Å²) in [5, 5.41) is 0. The number of carbonyl (C=O) groups is 1. The number of benzene rings is 2. The number of likely N-dealkylation sites (N-methyl/N-ethyl adjacent to an activating group) is 1. The van der Waals surface area contributed by atoms with Gasteiger partial charge in [-0.15, -0.1) is 0 Å². The van der Waals surface area contributed by atoms with Crippen LogP contribution in [0.25, 0.3) is 0 Å². The summed E-state index contributed by atoms with van der Waals surface area (Å²) in [5.41, 5.74) is 2.17. The van der Waals surface area contributed by atoms with Gasteiger partial charge in [0.2, 0.25) is 5.91 Å². The van der Waals surface area contributed by atoms with Crippen LogP contribution in [-0.2, 0) is 11.3 Å². The fraction of sp³-hybridized carbons (Fsp3) is 0.381. The SMILES string of the molecule is C[C@@H](C(=O)N(C)Cc1ccccc1)N1CCN(c2ccc(F)cc2)CC1. The average molecular weight is 355 g/mol. The summed E-state index contributed by atoms with van der Waals surface area (Å²) >= 11 is 0. The highest BCUT2D eigenvalue weighted by molar-refractivity contribution is 5.81. The second kappa shape index (κ2) is 8.32. The molecule has 1 fully saturated rings. The van der Waals surface area contributed by atoms with E-state index in [0.29, 0.717) is 6.54 Å². The number of halogens is 1. The molecule has 0 N–H and O–H groups in total. The highest BCUT2D eigenvalue weighted by Gasteiger charge is 2.27. The topological polar surface area (TPSA) is 26.8 Å². The van der Waals surface area contributed by atoms with Crippen LogP contribution in [0.5, 0.6) is 0 Å². The summed E-state index contributed by atoms with van der Waals surface area (Å²) in [6.07, 6.45) is 0. The van der Waals surface area contributed by atoms with Crippen molar-refractivity contribution in [2.45, 2.75) is 19.5 Å². The van der Waals surface area contributed by atoms with E-state index < -0.39 is 0 Å². The monoisotopic (exact) mass is 355 g/mol. The maximum Gasteiger partial charge on any atom is 0.239 e. The Kier molecular flexibility index (Phi) is 5.89. The maximum atomic E-state index is 13.1. The average Bonchev–Trinajstić information content (AvgIpc) is 2.68. The zero-order valence-corrected chi connectivity index (χ0v) is 15.4. The van der Waals surface area contributed by atoms with Crippen LogP contribution in [0.3, 0.4) is 0 Å². The van der Waals surface area contributed by atoms with E-state index >= 15 is 0 Å². The smallest absolute Gasteiger partial charge is 0.239 e. The summed E-state index contributed by atoms with van der Waals surface area (Å²) < 4.78 is 13.1. The van der Waals surface area contributed by atoms with Gasteiger partial charge in [0.05, 0.1) is 6.04 Å². The quantitative estimate of drug-likeness (QED) is 0.825. The minimum atomic E-state index is -0.215. The van der Waals surface area contributed by atoms with Gasteiger partial charge >= 0.3 is 0 Å². The minimum absolute atomic E-state index is 0.140. The molecule has 0 bridgehead atoms. The van der Waals surface area contributed by atoms with Crippen LogP contribution < -0.4 is 4.90 Å². The summed E-state index contributed by atoms with van der Waals surface area (Å²) in [5.74, 6) is -0.0721. The highest BCUT2D eigenvalue weighted by Crippen LogP contribution is 2.18. The molecule has 0 unspecified atom stereocenters. The van der Waals surface area contributed by atoms with Gasteiger partial charge in [0.15, 0.2) is 0 Å². The number of amides is 1. The fourth-order valence-electron chi connectivity index (χ4n) is 3.43.